The Morgan fingerprint density at radius 1 is 1.67 bits per heavy atom. The van der Waals surface area contributed by atoms with Crippen LogP contribution in [0.25, 0.3) is 0 Å². The zero-order valence-corrected chi connectivity index (χ0v) is 8.96. The van der Waals surface area contributed by atoms with Crippen LogP contribution in [-0.2, 0) is 0 Å². The third-order valence-electron chi connectivity index (χ3n) is 1.43. The lowest BCUT2D eigenvalue weighted by Gasteiger charge is -1.97. The fourth-order valence-electron chi connectivity index (χ4n) is 0.760. The molecule has 1 aromatic rings. The molecule has 0 aliphatic heterocycles. The highest BCUT2D eigenvalue weighted by atomic mass is 32.2. The Balaban J connectivity index is 2.82. The van der Waals surface area contributed by atoms with E-state index in [9.17, 15) is 4.79 Å². The fourth-order valence-corrected chi connectivity index (χ4v) is 2.01. The summed E-state index contributed by atoms with van der Waals surface area (Å²) in [7, 11) is 0. The van der Waals surface area contributed by atoms with Gasteiger partial charge in [0, 0.05) is 11.3 Å². The van der Waals surface area contributed by atoms with E-state index in [1.54, 1.807) is 11.8 Å². The molecule has 0 aromatic carbocycles. The maximum Gasteiger partial charge on any atom is 0.184 e. The minimum Gasteiger partial charge on any atom is -0.292 e. The minimum atomic E-state index is 0.0433. The molecule has 1 rings (SSSR count). The summed E-state index contributed by atoms with van der Waals surface area (Å²) in [5.41, 5.74) is 0.611. The normalized spacial score (nSPS) is 10.7. The van der Waals surface area contributed by atoms with Crippen molar-refractivity contribution in [2.75, 3.05) is 6.26 Å². The SMILES string of the molecule is CSc1nc(C(=O)C(C)C)cs1. The summed E-state index contributed by atoms with van der Waals surface area (Å²) in [4.78, 5) is 15.6. The molecule has 4 heteroatoms. The second-order valence-electron chi connectivity index (χ2n) is 2.72. The largest absolute Gasteiger partial charge is 0.292 e. The van der Waals surface area contributed by atoms with Gasteiger partial charge in [0.25, 0.3) is 0 Å². The van der Waals surface area contributed by atoms with Gasteiger partial charge in [-0.25, -0.2) is 4.98 Å². The number of thioether (sulfide) groups is 1. The first kappa shape index (κ1) is 9.74. The van der Waals surface area contributed by atoms with Crippen molar-refractivity contribution >= 4 is 28.9 Å². The van der Waals surface area contributed by atoms with E-state index in [0.717, 1.165) is 4.34 Å². The molecule has 0 bridgehead atoms. The van der Waals surface area contributed by atoms with Gasteiger partial charge in [-0.1, -0.05) is 25.6 Å². The molecule has 0 amide bonds. The number of aromatic nitrogens is 1. The van der Waals surface area contributed by atoms with Gasteiger partial charge in [0.2, 0.25) is 0 Å². The van der Waals surface area contributed by atoms with Gasteiger partial charge in [0.05, 0.1) is 0 Å². The lowest BCUT2D eigenvalue weighted by Crippen LogP contribution is -2.07. The van der Waals surface area contributed by atoms with E-state index in [1.165, 1.54) is 11.3 Å². The Kier molecular flexibility index (Phi) is 3.29. The van der Waals surface area contributed by atoms with Gasteiger partial charge < -0.3 is 0 Å². The molecule has 0 fully saturated rings. The number of carbonyl (C=O) groups excluding carboxylic acids is 1. The number of thiazole rings is 1. The molecular weight excluding hydrogens is 190 g/mol. The van der Waals surface area contributed by atoms with Crippen molar-refractivity contribution < 1.29 is 4.79 Å². The van der Waals surface area contributed by atoms with Crippen LogP contribution in [0.1, 0.15) is 24.3 Å². The Bertz CT molecular complexity index is 280. The molecule has 0 aliphatic carbocycles. The van der Waals surface area contributed by atoms with Gasteiger partial charge >= 0.3 is 0 Å². The average Bonchev–Trinajstić information content (AvgIpc) is 2.50. The monoisotopic (exact) mass is 201 g/mol. The van der Waals surface area contributed by atoms with Crippen molar-refractivity contribution in [3.63, 3.8) is 0 Å². The van der Waals surface area contributed by atoms with Gasteiger partial charge in [-0.3, -0.25) is 4.79 Å². The maximum absolute atomic E-state index is 11.4. The lowest BCUT2D eigenvalue weighted by atomic mass is 10.1. The van der Waals surface area contributed by atoms with Crippen LogP contribution in [0.15, 0.2) is 9.72 Å². The van der Waals surface area contributed by atoms with Crippen LogP contribution in [0.5, 0.6) is 0 Å². The summed E-state index contributed by atoms with van der Waals surface area (Å²) in [6, 6.07) is 0. The number of rotatable bonds is 3. The summed E-state index contributed by atoms with van der Waals surface area (Å²) in [5, 5.41) is 1.83. The van der Waals surface area contributed by atoms with Crippen LogP contribution in [0.4, 0.5) is 0 Å². The number of carbonyl (C=O) groups is 1. The highest BCUT2D eigenvalue weighted by Gasteiger charge is 2.13. The first-order valence-electron chi connectivity index (χ1n) is 3.69. The van der Waals surface area contributed by atoms with Gasteiger partial charge in [-0.15, -0.1) is 11.3 Å². The molecule has 1 aromatic heterocycles. The molecule has 0 saturated carbocycles. The summed E-state index contributed by atoms with van der Waals surface area (Å²) in [6.07, 6.45) is 1.96. The Morgan fingerprint density at radius 2 is 2.33 bits per heavy atom. The van der Waals surface area contributed by atoms with E-state index >= 15 is 0 Å². The third kappa shape index (κ3) is 2.08. The molecule has 0 aliphatic rings. The first-order valence-corrected chi connectivity index (χ1v) is 5.79. The van der Waals surface area contributed by atoms with Crippen molar-refractivity contribution in [2.45, 2.75) is 18.2 Å². The highest BCUT2D eigenvalue weighted by Crippen LogP contribution is 2.21. The minimum absolute atomic E-state index is 0.0433. The quantitative estimate of drug-likeness (QED) is 0.556. The van der Waals surface area contributed by atoms with E-state index in [-0.39, 0.29) is 11.7 Å². The molecule has 0 unspecified atom stereocenters. The van der Waals surface area contributed by atoms with Crippen molar-refractivity contribution in [1.29, 1.82) is 0 Å². The molecule has 0 spiro atoms. The lowest BCUT2D eigenvalue weighted by molar-refractivity contribution is 0.0934. The van der Waals surface area contributed by atoms with Crippen LogP contribution in [0.2, 0.25) is 0 Å². The van der Waals surface area contributed by atoms with Crippen LogP contribution in [-0.4, -0.2) is 17.0 Å². The fraction of sp³-hybridized carbons (Fsp3) is 0.500. The van der Waals surface area contributed by atoms with Gasteiger partial charge in [0.1, 0.15) is 10.0 Å². The van der Waals surface area contributed by atoms with Crippen molar-refractivity contribution in [3.05, 3.63) is 11.1 Å². The zero-order valence-electron chi connectivity index (χ0n) is 7.33. The summed E-state index contributed by atoms with van der Waals surface area (Å²) in [6.45, 7) is 3.78. The average molecular weight is 201 g/mol. The van der Waals surface area contributed by atoms with Crippen molar-refractivity contribution in [2.24, 2.45) is 5.92 Å². The first-order chi connectivity index (χ1) is 5.65. The molecule has 12 heavy (non-hydrogen) atoms. The van der Waals surface area contributed by atoms with Crippen LogP contribution >= 0.6 is 23.1 Å². The number of hydrogen-bond acceptors (Lipinski definition) is 4. The summed E-state index contributed by atoms with van der Waals surface area (Å²) >= 11 is 3.10. The van der Waals surface area contributed by atoms with Gasteiger partial charge in [0.15, 0.2) is 5.78 Å². The molecule has 0 N–H and O–H groups in total. The summed E-state index contributed by atoms with van der Waals surface area (Å²) in [5.74, 6) is 0.174. The second kappa shape index (κ2) is 4.05. The number of nitrogens with zero attached hydrogens (tertiary/aromatic N) is 1. The Morgan fingerprint density at radius 3 is 2.75 bits per heavy atom. The molecule has 0 atom stereocenters. The van der Waals surface area contributed by atoms with E-state index < -0.39 is 0 Å². The molecule has 2 nitrogen and oxygen atoms in total. The second-order valence-corrected chi connectivity index (χ2v) is 4.63. The number of Topliss-reactive ketones (excluding diaryl/α,β-unsaturated/α-hetero) is 1. The van der Waals surface area contributed by atoms with E-state index in [1.807, 2.05) is 25.5 Å². The molecule has 0 radical (unpaired) electrons. The zero-order chi connectivity index (χ0) is 9.14. The van der Waals surface area contributed by atoms with Gasteiger partial charge in [-0.2, -0.15) is 0 Å². The van der Waals surface area contributed by atoms with Crippen LogP contribution < -0.4 is 0 Å². The molecule has 1 heterocycles. The van der Waals surface area contributed by atoms with E-state index in [2.05, 4.69) is 4.98 Å². The summed E-state index contributed by atoms with van der Waals surface area (Å²) < 4.78 is 0.957. The van der Waals surface area contributed by atoms with Crippen molar-refractivity contribution in [3.8, 4) is 0 Å². The maximum atomic E-state index is 11.4. The third-order valence-corrected chi connectivity index (χ3v) is 3.30. The number of ketones is 1. The van der Waals surface area contributed by atoms with E-state index in [4.69, 9.17) is 0 Å². The predicted molar refractivity (Wildman–Crippen MR) is 53.1 cm³/mol. The van der Waals surface area contributed by atoms with Crippen LogP contribution in [0.3, 0.4) is 0 Å². The smallest absolute Gasteiger partial charge is 0.184 e. The number of hydrogen-bond donors (Lipinski definition) is 0. The Hall–Kier alpha value is -0.350. The molecule has 0 saturated heterocycles. The molecule has 66 valence electrons. The highest BCUT2D eigenvalue weighted by molar-refractivity contribution is 8.00. The van der Waals surface area contributed by atoms with E-state index in [0.29, 0.717) is 5.69 Å². The standard InChI is InChI=1S/C8H11NOS2/c1-5(2)7(10)6-4-12-8(9-6)11-3/h4-5H,1-3H3. The Labute approximate surface area is 80.4 Å². The van der Waals surface area contributed by atoms with Crippen LogP contribution in [0, 0.1) is 5.92 Å². The van der Waals surface area contributed by atoms with Gasteiger partial charge in [-0.05, 0) is 6.26 Å². The molecular formula is C8H11NOS2. The van der Waals surface area contributed by atoms with Crippen molar-refractivity contribution in [1.82, 2.24) is 4.98 Å². The topological polar surface area (TPSA) is 30.0 Å². The predicted octanol–water partition coefficient (Wildman–Crippen LogP) is 2.70.